The van der Waals surface area contributed by atoms with Gasteiger partial charge in [0.05, 0.1) is 22.4 Å². The molecule has 0 saturated carbocycles. The zero-order valence-corrected chi connectivity index (χ0v) is 17.7. The van der Waals surface area contributed by atoms with Crippen molar-refractivity contribution in [3.05, 3.63) is 34.5 Å². The Morgan fingerprint density at radius 2 is 1.93 bits per heavy atom. The van der Waals surface area contributed by atoms with Crippen LogP contribution >= 0.6 is 11.6 Å². The average molecular weight is 414 g/mol. The topological polar surface area (TPSA) is 80.2 Å². The minimum Gasteiger partial charge on any atom is -0.352 e. The molecule has 0 fully saturated rings. The van der Waals surface area contributed by atoms with Gasteiger partial charge in [0.2, 0.25) is 10.0 Å². The van der Waals surface area contributed by atoms with Crippen molar-refractivity contribution in [3.8, 4) is 0 Å². The molecule has 150 valence electrons. The van der Waals surface area contributed by atoms with E-state index in [1.54, 1.807) is 6.07 Å². The molecule has 0 aliphatic carbocycles. The molecule has 1 aromatic carbocycles. The summed E-state index contributed by atoms with van der Waals surface area (Å²) in [4.78, 5) is 12.8. The van der Waals surface area contributed by atoms with Crippen molar-refractivity contribution >= 4 is 38.4 Å². The van der Waals surface area contributed by atoms with Gasteiger partial charge in [0.25, 0.3) is 5.91 Å². The van der Waals surface area contributed by atoms with E-state index in [1.807, 2.05) is 23.6 Å². The SMILES string of the molecule is CCCCCNC(=O)c1c(C)n(CCCNS(C)(=O)=O)c2c(Cl)cccc12. The Morgan fingerprint density at radius 1 is 1.19 bits per heavy atom. The number of halogens is 1. The Balaban J connectivity index is 2.26. The summed E-state index contributed by atoms with van der Waals surface area (Å²) < 4.78 is 26.9. The van der Waals surface area contributed by atoms with Crippen LogP contribution < -0.4 is 10.0 Å². The first kappa shape index (κ1) is 21.7. The lowest BCUT2D eigenvalue weighted by atomic mass is 10.1. The van der Waals surface area contributed by atoms with Gasteiger partial charge in [0, 0.05) is 30.7 Å². The molecule has 6 nitrogen and oxygen atoms in total. The van der Waals surface area contributed by atoms with E-state index in [2.05, 4.69) is 17.0 Å². The van der Waals surface area contributed by atoms with E-state index < -0.39 is 10.0 Å². The molecule has 0 saturated heterocycles. The number of nitrogens with zero attached hydrogens (tertiary/aromatic N) is 1. The second-order valence-corrected chi connectivity index (χ2v) is 8.97. The van der Waals surface area contributed by atoms with E-state index in [1.165, 1.54) is 0 Å². The number of carbonyl (C=O) groups is 1. The number of hydrogen-bond acceptors (Lipinski definition) is 3. The first-order chi connectivity index (χ1) is 12.8. The lowest BCUT2D eigenvalue weighted by molar-refractivity contribution is 0.0953. The van der Waals surface area contributed by atoms with Gasteiger partial charge in [-0.2, -0.15) is 0 Å². The predicted molar refractivity (Wildman–Crippen MR) is 111 cm³/mol. The summed E-state index contributed by atoms with van der Waals surface area (Å²) in [6.07, 6.45) is 4.88. The molecular weight excluding hydrogens is 386 g/mol. The summed E-state index contributed by atoms with van der Waals surface area (Å²) in [6.45, 7) is 5.58. The van der Waals surface area contributed by atoms with Gasteiger partial charge in [0.15, 0.2) is 0 Å². The maximum atomic E-state index is 12.8. The standard InChI is InChI=1S/C19H28ClN3O3S/c1-4-5-6-11-21-19(24)17-14(2)23(13-8-12-22-27(3,25)26)18-15(17)9-7-10-16(18)20/h7,9-10,22H,4-6,8,11-13H2,1-3H3,(H,21,24). The highest BCUT2D eigenvalue weighted by Gasteiger charge is 2.21. The number of fused-ring (bicyclic) bond motifs is 1. The largest absolute Gasteiger partial charge is 0.352 e. The Labute approximate surface area is 166 Å². The average Bonchev–Trinajstić information content (AvgIpc) is 2.87. The molecule has 0 bridgehead atoms. The number of para-hydroxylation sites is 1. The van der Waals surface area contributed by atoms with Crippen molar-refractivity contribution in [3.63, 3.8) is 0 Å². The maximum Gasteiger partial charge on any atom is 0.253 e. The van der Waals surface area contributed by atoms with Crippen molar-refractivity contribution in [1.82, 2.24) is 14.6 Å². The first-order valence-corrected chi connectivity index (χ1v) is 11.5. The van der Waals surface area contributed by atoms with Crippen LogP contribution in [0.3, 0.4) is 0 Å². The molecule has 2 aromatic rings. The lowest BCUT2D eigenvalue weighted by Gasteiger charge is -2.10. The van der Waals surface area contributed by atoms with Gasteiger partial charge >= 0.3 is 0 Å². The fraction of sp³-hybridized carbons (Fsp3) is 0.526. The monoisotopic (exact) mass is 413 g/mol. The quantitative estimate of drug-likeness (QED) is 0.585. The van der Waals surface area contributed by atoms with Crippen molar-refractivity contribution in [2.75, 3.05) is 19.3 Å². The Morgan fingerprint density at radius 3 is 2.59 bits per heavy atom. The summed E-state index contributed by atoms with van der Waals surface area (Å²) in [6, 6.07) is 5.55. The zero-order chi connectivity index (χ0) is 20.0. The van der Waals surface area contributed by atoms with Crippen LogP contribution in [0.1, 0.15) is 48.7 Å². The van der Waals surface area contributed by atoms with Crippen molar-refractivity contribution in [2.45, 2.75) is 46.1 Å². The van der Waals surface area contributed by atoms with E-state index in [0.29, 0.717) is 36.6 Å². The third kappa shape index (κ3) is 5.70. The fourth-order valence-electron chi connectivity index (χ4n) is 3.22. The highest BCUT2D eigenvalue weighted by atomic mass is 35.5. The number of benzene rings is 1. The number of carbonyl (C=O) groups excluding carboxylic acids is 1. The number of unbranched alkanes of at least 4 members (excludes halogenated alkanes) is 2. The maximum absolute atomic E-state index is 12.8. The summed E-state index contributed by atoms with van der Waals surface area (Å²) >= 11 is 6.42. The second-order valence-electron chi connectivity index (χ2n) is 6.73. The molecular formula is C19H28ClN3O3S. The van der Waals surface area contributed by atoms with Gasteiger partial charge in [0.1, 0.15) is 0 Å². The van der Waals surface area contributed by atoms with Crippen LogP contribution in [0.4, 0.5) is 0 Å². The summed E-state index contributed by atoms with van der Waals surface area (Å²) in [7, 11) is -3.21. The number of rotatable bonds is 10. The molecule has 2 N–H and O–H groups in total. The minimum absolute atomic E-state index is 0.0936. The zero-order valence-electron chi connectivity index (χ0n) is 16.1. The van der Waals surface area contributed by atoms with Crippen molar-refractivity contribution < 1.29 is 13.2 Å². The van der Waals surface area contributed by atoms with Crippen LogP contribution in [0.5, 0.6) is 0 Å². The van der Waals surface area contributed by atoms with Crippen molar-refractivity contribution in [1.29, 1.82) is 0 Å². The molecule has 0 unspecified atom stereocenters. The highest BCUT2D eigenvalue weighted by molar-refractivity contribution is 7.88. The van der Waals surface area contributed by atoms with Crippen LogP contribution in [0.15, 0.2) is 18.2 Å². The molecule has 8 heteroatoms. The van der Waals surface area contributed by atoms with E-state index in [0.717, 1.165) is 42.1 Å². The molecule has 0 atom stereocenters. The lowest BCUT2D eigenvalue weighted by Crippen LogP contribution is -2.25. The molecule has 0 aliphatic rings. The molecule has 0 spiro atoms. The molecule has 1 heterocycles. The summed E-state index contributed by atoms with van der Waals surface area (Å²) in [5, 5.41) is 4.40. The number of hydrogen-bond donors (Lipinski definition) is 2. The van der Waals surface area contributed by atoms with Crippen LogP contribution in [-0.4, -0.2) is 38.2 Å². The molecule has 1 aromatic heterocycles. The Kier molecular flexibility index (Phi) is 7.70. The van der Waals surface area contributed by atoms with E-state index in [4.69, 9.17) is 11.6 Å². The third-order valence-corrected chi connectivity index (χ3v) is 5.54. The van der Waals surface area contributed by atoms with Gasteiger partial charge in [-0.1, -0.05) is 43.5 Å². The van der Waals surface area contributed by atoms with Gasteiger partial charge in [-0.3, -0.25) is 4.79 Å². The summed E-state index contributed by atoms with van der Waals surface area (Å²) in [5.74, 6) is -0.0936. The van der Waals surface area contributed by atoms with Gasteiger partial charge in [-0.15, -0.1) is 0 Å². The third-order valence-electron chi connectivity index (χ3n) is 4.51. The number of amides is 1. The number of aromatic nitrogens is 1. The van der Waals surface area contributed by atoms with Crippen LogP contribution in [0.2, 0.25) is 5.02 Å². The Bertz CT molecular complexity index is 907. The van der Waals surface area contributed by atoms with E-state index in [9.17, 15) is 13.2 Å². The van der Waals surface area contributed by atoms with Crippen LogP contribution in [0, 0.1) is 6.92 Å². The minimum atomic E-state index is -3.21. The molecule has 27 heavy (non-hydrogen) atoms. The van der Waals surface area contributed by atoms with E-state index in [-0.39, 0.29) is 5.91 Å². The first-order valence-electron chi connectivity index (χ1n) is 9.26. The van der Waals surface area contributed by atoms with Crippen molar-refractivity contribution in [2.24, 2.45) is 0 Å². The fourth-order valence-corrected chi connectivity index (χ4v) is 4.01. The number of aryl methyl sites for hydroxylation is 1. The molecule has 0 aliphatic heterocycles. The predicted octanol–water partition coefficient (Wildman–Crippen LogP) is 3.46. The summed E-state index contributed by atoms with van der Waals surface area (Å²) in [5.41, 5.74) is 2.29. The molecule has 0 radical (unpaired) electrons. The second kappa shape index (κ2) is 9.57. The normalized spacial score (nSPS) is 11.9. The van der Waals surface area contributed by atoms with Gasteiger partial charge < -0.3 is 9.88 Å². The number of sulfonamides is 1. The van der Waals surface area contributed by atoms with Crippen LogP contribution in [0.25, 0.3) is 10.9 Å². The van der Waals surface area contributed by atoms with E-state index >= 15 is 0 Å². The Hall–Kier alpha value is -1.57. The highest BCUT2D eigenvalue weighted by Crippen LogP contribution is 2.31. The van der Waals surface area contributed by atoms with Gasteiger partial charge in [-0.25, -0.2) is 13.1 Å². The number of nitrogens with one attached hydrogen (secondary N) is 2. The van der Waals surface area contributed by atoms with Crippen LogP contribution in [-0.2, 0) is 16.6 Å². The molecule has 1 amide bonds. The smallest absolute Gasteiger partial charge is 0.253 e. The molecule has 2 rings (SSSR count). The van der Waals surface area contributed by atoms with Gasteiger partial charge in [-0.05, 0) is 25.8 Å².